The van der Waals surface area contributed by atoms with Gasteiger partial charge in [0.05, 0.1) is 32.1 Å². The molecule has 2 atom stereocenters. The smallest absolute Gasteiger partial charge is 0.424 e. The van der Waals surface area contributed by atoms with Crippen LogP contribution in [0.1, 0.15) is 6.92 Å². The molecule has 2 aliphatic heterocycles. The molecular weight excluding hydrogens is 519 g/mol. The summed E-state index contributed by atoms with van der Waals surface area (Å²) in [4.78, 5) is 20.0. The summed E-state index contributed by atoms with van der Waals surface area (Å²) in [6, 6.07) is 3.35. The second-order valence-electron chi connectivity index (χ2n) is 9.53. The van der Waals surface area contributed by atoms with Gasteiger partial charge in [-0.1, -0.05) is 24.3 Å². The van der Waals surface area contributed by atoms with Crippen LogP contribution in [0.2, 0.25) is 0 Å². The highest BCUT2D eigenvalue weighted by molar-refractivity contribution is 5.95. The van der Waals surface area contributed by atoms with Gasteiger partial charge in [0.2, 0.25) is 0 Å². The lowest BCUT2D eigenvalue weighted by atomic mass is 9.91. The van der Waals surface area contributed by atoms with E-state index >= 15 is 0 Å². The first kappa shape index (κ1) is 27.0. The fourth-order valence-corrected chi connectivity index (χ4v) is 4.66. The van der Waals surface area contributed by atoms with Crippen LogP contribution in [0.3, 0.4) is 0 Å². The molecule has 1 aromatic heterocycles. The lowest BCUT2D eigenvalue weighted by molar-refractivity contribution is -0.274. The summed E-state index contributed by atoms with van der Waals surface area (Å²) in [5, 5.41) is 5.85. The molecule has 3 aliphatic rings. The zero-order valence-corrected chi connectivity index (χ0v) is 21.4. The second kappa shape index (κ2) is 11.3. The van der Waals surface area contributed by atoms with Crippen molar-refractivity contribution in [2.75, 3.05) is 62.8 Å². The standard InChI is InChI=1S/C26H30F3N5O5/c1-25(37-13-10-33-8-11-36-12-9-33)5-3-2-4-22(25)32-23-31-17-21(38-23)18-14-19(34-7-6-30-24(34)35)16-20(15-18)39-26(27,28)29/h2-5,14-17,22H,6-13H2,1H3,(H,30,35)(H,31,32). The number of oxazole rings is 1. The average molecular weight is 550 g/mol. The minimum Gasteiger partial charge on any atom is -0.424 e. The lowest BCUT2D eigenvalue weighted by Gasteiger charge is -2.36. The zero-order chi connectivity index (χ0) is 27.5. The number of urea groups is 1. The van der Waals surface area contributed by atoms with Crippen LogP contribution >= 0.6 is 0 Å². The number of aromatic nitrogens is 1. The molecule has 5 rings (SSSR count). The molecule has 210 valence electrons. The van der Waals surface area contributed by atoms with Gasteiger partial charge in [0.1, 0.15) is 11.4 Å². The number of anilines is 2. The Labute approximate surface area is 223 Å². The first-order chi connectivity index (χ1) is 18.7. The molecule has 0 spiro atoms. The van der Waals surface area contributed by atoms with Crippen molar-refractivity contribution in [1.29, 1.82) is 0 Å². The Morgan fingerprint density at radius 2 is 2.03 bits per heavy atom. The molecule has 0 radical (unpaired) electrons. The predicted molar refractivity (Wildman–Crippen MR) is 137 cm³/mol. The number of nitrogens with one attached hydrogen (secondary N) is 2. The Morgan fingerprint density at radius 1 is 1.21 bits per heavy atom. The molecule has 2 unspecified atom stereocenters. The predicted octanol–water partition coefficient (Wildman–Crippen LogP) is 3.78. The van der Waals surface area contributed by atoms with Gasteiger partial charge in [-0.2, -0.15) is 0 Å². The van der Waals surface area contributed by atoms with Crippen molar-refractivity contribution in [2.45, 2.75) is 24.9 Å². The van der Waals surface area contributed by atoms with Crippen molar-refractivity contribution in [2.24, 2.45) is 0 Å². The molecule has 3 heterocycles. The van der Waals surface area contributed by atoms with Gasteiger partial charge in [0, 0.05) is 50.0 Å². The van der Waals surface area contributed by atoms with Crippen LogP contribution in [0, 0.1) is 0 Å². The Bertz CT molecular complexity index is 1230. The fraction of sp³-hybridized carbons (Fsp3) is 0.462. The van der Waals surface area contributed by atoms with E-state index in [-0.39, 0.29) is 29.1 Å². The minimum atomic E-state index is -4.90. The van der Waals surface area contributed by atoms with E-state index in [1.807, 2.05) is 31.2 Å². The number of morpholine rings is 1. The molecule has 2 saturated heterocycles. The van der Waals surface area contributed by atoms with Crippen LogP contribution in [0.25, 0.3) is 11.3 Å². The molecule has 0 bridgehead atoms. The van der Waals surface area contributed by atoms with E-state index in [0.717, 1.165) is 25.7 Å². The number of carbonyl (C=O) groups excluding carboxylic acids is 1. The Hall–Kier alpha value is -3.55. The number of benzene rings is 1. The van der Waals surface area contributed by atoms with E-state index in [9.17, 15) is 18.0 Å². The van der Waals surface area contributed by atoms with Crippen molar-refractivity contribution < 1.29 is 36.6 Å². The SMILES string of the molecule is CC1(OCCN2CCOCC2)C=CC=CC1Nc1ncc(-c2cc(OC(F)(F)F)cc(N3CCNC3=O)c2)o1. The van der Waals surface area contributed by atoms with Crippen molar-refractivity contribution in [3.05, 3.63) is 48.7 Å². The van der Waals surface area contributed by atoms with E-state index < -0.39 is 23.7 Å². The third-order valence-electron chi connectivity index (χ3n) is 6.75. The number of hydrogen-bond acceptors (Lipinski definition) is 8. The molecule has 0 saturated carbocycles. The van der Waals surface area contributed by atoms with Gasteiger partial charge in [-0.15, -0.1) is 13.2 Å². The summed E-state index contributed by atoms with van der Waals surface area (Å²) >= 11 is 0. The monoisotopic (exact) mass is 549 g/mol. The van der Waals surface area contributed by atoms with Crippen molar-refractivity contribution >= 4 is 17.7 Å². The molecule has 2 amide bonds. The molecule has 1 aromatic carbocycles. The van der Waals surface area contributed by atoms with Crippen LogP contribution < -0.4 is 20.3 Å². The minimum absolute atomic E-state index is 0.167. The Kier molecular flexibility index (Phi) is 7.82. The van der Waals surface area contributed by atoms with Crippen LogP contribution in [-0.2, 0) is 9.47 Å². The van der Waals surface area contributed by atoms with E-state index in [1.54, 1.807) is 6.07 Å². The third kappa shape index (κ3) is 6.72. The first-order valence-corrected chi connectivity index (χ1v) is 12.7. The number of allylic oxidation sites excluding steroid dienone is 2. The number of hydrogen-bond donors (Lipinski definition) is 2. The maximum atomic E-state index is 13.0. The summed E-state index contributed by atoms with van der Waals surface area (Å²) in [5.74, 6) is -0.265. The topological polar surface area (TPSA) is 101 Å². The Balaban J connectivity index is 1.31. The Morgan fingerprint density at radius 3 is 2.77 bits per heavy atom. The molecule has 13 heteroatoms. The summed E-state index contributed by atoms with van der Waals surface area (Å²) in [6.07, 6.45) is 4.20. The number of amides is 2. The zero-order valence-electron chi connectivity index (χ0n) is 21.4. The molecule has 39 heavy (non-hydrogen) atoms. The third-order valence-corrected chi connectivity index (χ3v) is 6.75. The molecule has 2 N–H and O–H groups in total. The van der Waals surface area contributed by atoms with Crippen molar-refractivity contribution in [1.82, 2.24) is 15.2 Å². The summed E-state index contributed by atoms with van der Waals surface area (Å²) in [5.41, 5.74) is -0.170. The fourth-order valence-electron chi connectivity index (χ4n) is 4.66. The van der Waals surface area contributed by atoms with Gasteiger partial charge in [-0.3, -0.25) is 9.80 Å². The van der Waals surface area contributed by atoms with Gasteiger partial charge >= 0.3 is 12.4 Å². The summed E-state index contributed by atoms with van der Waals surface area (Å²) < 4.78 is 60.7. The quantitative estimate of drug-likeness (QED) is 0.488. The van der Waals surface area contributed by atoms with Crippen LogP contribution in [0.15, 0.2) is 53.1 Å². The van der Waals surface area contributed by atoms with Crippen LogP contribution in [0.4, 0.5) is 29.7 Å². The first-order valence-electron chi connectivity index (χ1n) is 12.7. The number of ether oxygens (including phenoxy) is 3. The van der Waals surface area contributed by atoms with Gasteiger partial charge < -0.3 is 29.3 Å². The maximum absolute atomic E-state index is 13.0. The summed E-state index contributed by atoms with van der Waals surface area (Å²) in [7, 11) is 0. The van der Waals surface area contributed by atoms with Gasteiger partial charge in [0.25, 0.3) is 6.01 Å². The van der Waals surface area contributed by atoms with Gasteiger partial charge in [-0.25, -0.2) is 9.78 Å². The second-order valence-corrected chi connectivity index (χ2v) is 9.53. The molecular formula is C26H30F3N5O5. The highest BCUT2D eigenvalue weighted by atomic mass is 19.4. The van der Waals surface area contributed by atoms with Gasteiger partial charge in [0.15, 0.2) is 5.76 Å². The van der Waals surface area contributed by atoms with Crippen LogP contribution in [0.5, 0.6) is 5.75 Å². The number of halogens is 3. The van der Waals surface area contributed by atoms with E-state index in [1.165, 1.54) is 17.2 Å². The lowest BCUT2D eigenvalue weighted by Crippen LogP contribution is -2.47. The molecule has 10 nitrogen and oxygen atoms in total. The highest BCUT2D eigenvalue weighted by Crippen LogP contribution is 2.35. The van der Waals surface area contributed by atoms with E-state index in [4.69, 9.17) is 13.9 Å². The number of rotatable bonds is 9. The van der Waals surface area contributed by atoms with E-state index in [0.29, 0.717) is 32.9 Å². The average Bonchev–Trinajstić information content (AvgIpc) is 3.54. The van der Waals surface area contributed by atoms with Crippen molar-refractivity contribution in [3.8, 4) is 17.1 Å². The van der Waals surface area contributed by atoms with Gasteiger partial charge in [-0.05, 0) is 19.1 Å². The number of carbonyl (C=O) groups is 1. The largest absolute Gasteiger partial charge is 0.573 e. The number of nitrogens with zero attached hydrogens (tertiary/aromatic N) is 3. The van der Waals surface area contributed by atoms with Crippen molar-refractivity contribution in [3.63, 3.8) is 0 Å². The molecule has 2 aromatic rings. The molecule has 1 aliphatic carbocycles. The van der Waals surface area contributed by atoms with Crippen LogP contribution in [-0.4, -0.2) is 86.5 Å². The van der Waals surface area contributed by atoms with E-state index in [2.05, 4.69) is 25.3 Å². The summed E-state index contributed by atoms with van der Waals surface area (Å²) in [6.45, 7) is 7.12. The normalized spacial score (nSPS) is 23.7. The number of alkyl halides is 3. The highest BCUT2D eigenvalue weighted by Gasteiger charge is 2.35. The maximum Gasteiger partial charge on any atom is 0.573 e. The molecule has 2 fully saturated rings.